The van der Waals surface area contributed by atoms with Gasteiger partial charge in [-0.05, 0) is 38.3 Å². The fourth-order valence-corrected chi connectivity index (χ4v) is 2.90. The van der Waals surface area contributed by atoms with Gasteiger partial charge in [0.15, 0.2) is 0 Å². The van der Waals surface area contributed by atoms with Crippen LogP contribution >= 0.6 is 0 Å². The molecule has 1 fully saturated rings. The van der Waals surface area contributed by atoms with Crippen LogP contribution in [0.2, 0.25) is 0 Å². The van der Waals surface area contributed by atoms with Crippen LogP contribution in [-0.2, 0) is 4.74 Å². The molecule has 0 aromatic heterocycles. The van der Waals surface area contributed by atoms with Crippen molar-refractivity contribution in [1.82, 2.24) is 10.2 Å². The highest BCUT2D eigenvalue weighted by atomic mass is 16.5. The summed E-state index contributed by atoms with van der Waals surface area (Å²) in [5.74, 6) is 0.788. The third kappa shape index (κ3) is 6.17. The average molecular weight is 256 g/mol. The zero-order chi connectivity index (χ0) is 13.4. The Balaban J connectivity index is 2.24. The molecule has 0 spiro atoms. The van der Waals surface area contributed by atoms with Crippen LogP contribution in [0.1, 0.15) is 46.5 Å². The molecule has 0 amide bonds. The van der Waals surface area contributed by atoms with Crippen molar-refractivity contribution < 1.29 is 4.74 Å². The maximum atomic E-state index is 5.30. The highest BCUT2D eigenvalue weighted by Crippen LogP contribution is 2.13. The summed E-state index contributed by atoms with van der Waals surface area (Å²) in [6.45, 7) is 11.5. The van der Waals surface area contributed by atoms with Gasteiger partial charge in [-0.25, -0.2) is 0 Å². The maximum Gasteiger partial charge on any atom is 0.0615 e. The van der Waals surface area contributed by atoms with Gasteiger partial charge in [-0.1, -0.05) is 27.2 Å². The smallest absolute Gasteiger partial charge is 0.0615 e. The van der Waals surface area contributed by atoms with E-state index >= 15 is 0 Å². The minimum absolute atomic E-state index is 0.543. The first-order valence-electron chi connectivity index (χ1n) is 7.63. The van der Waals surface area contributed by atoms with Crippen molar-refractivity contribution in [2.75, 3.05) is 33.4 Å². The summed E-state index contributed by atoms with van der Waals surface area (Å²) in [5.41, 5.74) is 0. The molecule has 0 aromatic carbocycles. The first-order chi connectivity index (χ1) is 8.65. The van der Waals surface area contributed by atoms with E-state index in [2.05, 4.69) is 31.0 Å². The van der Waals surface area contributed by atoms with Crippen LogP contribution in [0.25, 0.3) is 0 Å². The van der Waals surface area contributed by atoms with E-state index in [-0.39, 0.29) is 0 Å². The fourth-order valence-electron chi connectivity index (χ4n) is 2.90. The van der Waals surface area contributed by atoms with Crippen LogP contribution in [0.15, 0.2) is 0 Å². The molecule has 18 heavy (non-hydrogen) atoms. The van der Waals surface area contributed by atoms with Gasteiger partial charge in [0.1, 0.15) is 0 Å². The summed E-state index contributed by atoms with van der Waals surface area (Å²) in [4.78, 5) is 2.61. The van der Waals surface area contributed by atoms with Gasteiger partial charge >= 0.3 is 0 Å². The third-order valence-electron chi connectivity index (χ3n) is 3.69. The van der Waals surface area contributed by atoms with Gasteiger partial charge in [0.2, 0.25) is 0 Å². The van der Waals surface area contributed by atoms with Crippen molar-refractivity contribution in [3.8, 4) is 0 Å². The van der Waals surface area contributed by atoms with Crippen molar-refractivity contribution in [2.24, 2.45) is 5.92 Å². The topological polar surface area (TPSA) is 24.5 Å². The van der Waals surface area contributed by atoms with E-state index in [1.807, 2.05) is 0 Å². The van der Waals surface area contributed by atoms with E-state index in [0.717, 1.165) is 12.5 Å². The number of methoxy groups -OCH3 is 1. The van der Waals surface area contributed by atoms with Crippen LogP contribution < -0.4 is 5.32 Å². The van der Waals surface area contributed by atoms with E-state index in [1.54, 1.807) is 7.11 Å². The lowest BCUT2D eigenvalue weighted by molar-refractivity contribution is 0.134. The predicted molar refractivity (Wildman–Crippen MR) is 78.0 cm³/mol. The number of nitrogens with one attached hydrogen (secondary N) is 1. The van der Waals surface area contributed by atoms with Crippen molar-refractivity contribution in [2.45, 2.75) is 58.5 Å². The Kier molecular flexibility index (Phi) is 7.87. The Morgan fingerprint density at radius 2 is 1.94 bits per heavy atom. The normalized spacial score (nSPS) is 20.5. The molecule has 0 bridgehead atoms. The number of hydrogen-bond acceptors (Lipinski definition) is 3. The van der Waals surface area contributed by atoms with Crippen LogP contribution in [-0.4, -0.2) is 50.3 Å². The minimum atomic E-state index is 0.543. The quantitative estimate of drug-likeness (QED) is 0.722. The first-order valence-corrected chi connectivity index (χ1v) is 7.63. The van der Waals surface area contributed by atoms with Crippen LogP contribution in [0.5, 0.6) is 0 Å². The van der Waals surface area contributed by atoms with Gasteiger partial charge < -0.3 is 15.0 Å². The Morgan fingerprint density at radius 3 is 2.44 bits per heavy atom. The number of likely N-dealkylation sites (tertiary alicyclic amines) is 1. The maximum absolute atomic E-state index is 5.30. The highest BCUT2D eigenvalue weighted by Gasteiger charge is 2.21. The molecule has 1 saturated heterocycles. The predicted octanol–water partition coefficient (Wildman–Crippen LogP) is 2.51. The lowest BCUT2D eigenvalue weighted by Crippen LogP contribution is -2.48. The minimum Gasteiger partial charge on any atom is -0.383 e. The summed E-state index contributed by atoms with van der Waals surface area (Å²) < 4.78 is 5.30. The molecule has 0 aromatic rings. The summed E-state index contributed by atoms with van der Waals surface area (Å²) >= 11 is 0. The Labute approximate surface area is 113 Å². The summed E-state index contributed by atoms with van der Waals surface area (Å²) in [6.07, 6.45) is 5.03. The van der Waals surface area contributed by atoms with Crippen molar-refractivity contribution in [3.63, 3.8) is 0 Å². The van der Waals surface area contributed by atoms with E-state index in [4.69, 9.17) is 4.74 Å². The van der Waals surface area contributed by atoms with Crippen molar-refractivity contribution in [3.05, 3.63) is 0 Å². The molecule has 3 nitrogen and oxygen atoms in total. The average Bonchev–Trinajstić information content (AvgIpc) is 2.31. The van der Waals surface area contributed by atoms with Gasteiger partial charge in [-0.3, -0.25) is 0 Å². The molecule has 1 aliphatic rings. The number of nitrogens with zero attached hydrogens (tertiary/aromatic N) is 1. The van der Waals surface area contributed by atoms with Gasteiger partial charge in [0, 0.05) is 25.7 Å². The second-order valence-corrected chi connectivity index (χ2v) is 6.08. The zero-order valence-corrected chi connectivity index (χ0v) is 12.7. The Bertz CT molecular complexity index is 195. The second-order valence-electron chi connectivity index (χ2n) is 6.08. The largest absolute Gasteiger partial charge is 0.383 e. The van der Waals surface area contributed by atoms with Crippen LogP contribution in [0.3, 0.4) is 0 Å². The monoisotopic (exact) mass is 256 g/mol. The molecule has 1 aliphatic heterocycles. The van der Waals surface area contributed by atoms with Gasteiger partial charge in [-0.15, -0.1) is 0 Å². The number of ether oxygens (including phenoxy) is 1. The first kappa shape index (κ1) is 15.9. The summed E-state index contributed by atoms with van der Waals surface area (Å²) in [6, 6.07) is 1.24. The summed E-state index contributed by atoms with van der Waals surface area (Å²) in [5, 5.41) is 3.78. The van der Waals surface area contributed by atoms with Crippen LogP contribution in [0, 0.1) is 5.92 Å². The molecule has 1 N–H and O–H groups in total. The molecular formula is C15H32N2O. The zero-order valence-electron chi connectivity index (χ0n) is 12.7. The van der Waals surface area contributed by atoms with Crippen molar-refractivity contribution >= 4 is 0 Å². The number of hydrogen-bond donors (Lipinski definition) is 1. The number of rotatable bonds is 8. The van der Waals surface area contributed by atoms with Gasteiger partial charge in [0.25, 0.3) is 0 Å². The molecular weight excluding hydrogens is 224 g/mol. The van der Waals surface area contributed by atoms with E-state index in [9.17, 15) is 0 Å². The fraction of sp³-hybridized carbons (Fsp3) is 1.00. The van der Waals surface area contributed by atoms with E-state index < -0.39 is 0 Å². The molecule has 3 heteroatoms. The lowest BCUT2D eigenvalue weighted by Gasteiger charge is -2.35. The third-order valence-corrected chi connectivity index (χ3v) is 3.69. The molecule has 1 rings (SSSR count). The molecule has 1 atom stereocenters. The SMILES string of the molecule is CCCC(COC)NC1CCN(CC(C)C)CC1. The molecule has 1 heterocycles. The molecule has 0 saturated carbocycles. The van der Waals surface area contributed by atoms with Crippen molar-refractivity contribution in [1.29, 1.82) is 0 Å². The summed E-state index contributed by atoms with van der Waals surface area (Å²) in [7, 11) is 1.80. The molecule has 108 valence electrons. The van der Waals surface area contributed by atoms with E-state index in [0.29, 0.717) is 12.1 Å². The van der Waals surface area contributed by atoms with Gasteiger partial charge in [-0.2, -0.15) is 0 Å². The lowest BCUT2D eigenvalue weighted by atomic mass is 10.0. The van der Waals surface area contributed by atoms with Gasteiger partial charge in [0.05, 0.1) is 6.61 Å². The number of piperidine rings is 1. The Hall–Kier alpha value is -0.120. The molecule has 0 radical (unpaired) electrons. The van der Waals surface area contributed by atoms with E-state index in [1.165, 1.54) is 45.3 Å². The molecule has 0 aliphatic carbocycles. The standard InChI is InChI=1S/C15H32N2O/c1-5-6-15(12-18-4)16-14-7-9-17(10-8-14)11-13(2)3/h13-16H,5-12H2,1-4H3. The second kappa shape index (κ2) is 8.89. The highest BCUT2D eigenvalue weighted by molar-refractivity contribution is 4.80. The molecule has 1 unspecified atom stereocenters. The van der Waals surface area contributed by atoms with Crippen LogP contribution in [0.4, 0.5) is 0 Å². The Morgan fingerprint density at radius 1 is 1.28 bits per heavy atom.